The molecule has 0 amide bonds. The van der Waals surface area contributed by atoms with Gasteiger partial charge in [-0.05, 0) is 47.0 Å². The van der Waals surface area contributed by atoms with Crippen molar-refractivity contribution < 1.29 is 8.42 Å². The molecule has 3 N–H and O–H groups in total. The Labute approximate surface area is 138 Å². The Morgan fingerprint density at radius 3 is 2.40 bits per heavy atom. The first-order valence-corrected chi connectivity index (χ1v) is 9.03. The molecule has 0 aliphatic heterocycles. The molecule has 112 valence electrons. The van der Waals surface area contributed by atoms with Crippen LogP contribution >= 0.6 is 39.7 Å². The largest absolute Gasteiger partial charge is 0.392 e. The summed E-state index contributed by atoms with van der Waals surface area (Å²) in [7, 11) is -3.73. The first kappa shape index (κ1) is 17.8. The summed E-state index contributed by atoms with van der Waals surface area (Å²) in [6.45, 7) is 3.67. The van der Waals surface area contributed by atoms with Crippen molar-refractivity contribution in [1.29, 1.82) is 0 Å². The fourth-order valence-electron chi connectivity index (χ4n) is 1.75. The number of nitrogens with two attached hydrogens (primary N) is 1. The molecule has 0 aromatic heterocycles. The first-order valence-electron chi connectivity index (χ1n) is 5.97. The molecule has 0 unspecified atom stereocenters. The maximum atomic E-state index is 12.4. The van der Waals surface area contributed by atoms with E-state index in [9.17, 15) is 8.42 Å². The van der Waals surface area contributed by atoms with Crippen LogP contribution in [0.15, 0.2) is 27.6 Å². The molecule has 8 heteroatoms. The predicted octanol–water partition coefficient (Wildman–Crippen LogP) is 3.23. The van der Waals surface area contributed by atoms with Gasteiger partial charge in [-0.3, -0.25) is 0 Å². The van der Waals surface area contributed by atoms with E-state index in [0.717, 1.165) is 0 Å². The summed E-state index contributed by atoms with van der Waals surface area (Å²) in [6.07, 6.45) is 0.958. The summed E-state index contributed by atoms with van der Waals surface area (Å²) >= 11 is 14.1. The van der Waals surface area contributed by atoms with E-state index in [0.29, 0.717) is 22.3 Å². The van der Waals surface area contributed by atoms with Crippen LogP contribution in [0.4, 0.5) is 0 Å². The Hall–Kier alpha value is -0.210. The van der Waals surface area contributed by atoms with Crippen LogP contribution in [0, 0.1) is 0 Å². The molecule has 0 saturated heterocycles. The molecular formula is C12H16BrClN2O2S2. The maximum absolute atomic E-state index is 12.4. The fourth-order valence-corrected chi connectivity index (χ4v) is 4.36. The smallest absolute Gasteiger partial charge is 0.241 e. The molecule has 0 aliphatic carbocycles. The van der Waals surface area contributed by atoms with Crippen LogP contribution in [-0.4, -0.2) is 18.9 Å². The zero-order valence-corrected chi connectivity index (χ0v) is 15.1. The number of halogens is 2. The molecular weight excluding hydrogens is 384 g/mol. The quantitative estimate of drug-likeness (QED) is 0.720. The topological polar surface area (TPSA) is 72.2 Å². The van der Waals surface area contributed by atoms with Crippen LogP contribution in [0.5, 0.6) is 0 Å². The number of benzene rings is 1. The highest BCUT2D eigenvalue weighted by molar-refractivity contribution is 9.10. The van der Waals surface area contributed by atoms with Gasteiger partial charge in [0, 0.05) is 4.47 Å². The molecule has 0 aliphatic rings. The van der Waals surface area contributed by atoms with E-state index >= 15 is 0 Å². The molecule has 1 rings (SSSR count). The molecule has 0 saturated carbocycles. The lowest BCUT2D eigenvalue weighted by Gasteiger charge is -2.31. The molecule has 0 fully saturated rings. The van der Waals surface area contributed by atoms with Gasteiger partial charge in [-0.1, -0.05) is 37.7 Å². The highest BCUT2D eigenvalue weighted by atomic mass is 79.9. The van der Waals surface area contributed by atoms with Crippen molar-refractivity contribution in [2.24, 2.45) is 5.73 Å². The molecule has 0 spiro atoms. The maximum Gasteiger partial charge on any atom is 0.241 e. The highest BCUT2D eigenvalue weighted by Crippen LogP contribution is 2.27. The Morgan fingerprint density at radius 2 is 2.00 bits per heavy atom. The summed E-state index contributed by atoms with van der Waals surface area (Å²) < 4.78 is 28.0. The average molecular weight is 400 g/mol. The Kier molecular flexibility index (Phi) is 5.98. The van der Waals surface area contributed by atoms with E-state index < -0.39 is 15.6 Å². The van der Waals surface area contributed by atoms with Gasteiger partial charge in [-0.25, -0.2) is 8.42 Å². The second-order valence-electron chi connectivity index (χ2n) is 4.33. The normalized spacial score (nSPS) is 12.4. The summed E-state index contributed by atoms with van der Waals surface area (Å²) in [5, 5.41) is 0.440. The van der Waals surface area contributed by atoms with Crippen LogP contribution in [0.1, 0.15) is 26.7 Å². The lowest BCUT2D eigenvalue weighted by atomic mass is 9.94. The van der Waals surface area contributed by atoms with Gasteiger partial charge >= 0.3 is 0 Å². The Bertz CT molecular complexity index is 616. The number of thiocarbonyl (C=S) groups is 1. The molecule has 0 bridgehead atoms. The number of nitrogens with one attached hydrogen (secondary N) is 1. The number of sulfonamides is 1. The van der Waals surface area contributed by atoms with E-state index in [2.05, 4.69) is 20.7 Å². The third-order valence-corrected chi connectivity index (χ3v) is 6.35. The molecule has 20 heavy (non-hydrogen) atoms. The number of rotatable bonds is 6. The van der Waals surface area contributed by atoms with Crippen LogP contribution in [0.25, 0.3) is 0 Å². The SMILES string of the molecule is CCC(CC)(NS(=O)(=O)c1ccc(Cl)c(Br)c1)C(N)=S. The van der Waals surface area contributed by atoms with Crippen LogP contribution in [0.2, 0.25) is 5.02 Å². The highest BCUT2D eigenvalue weighted by Gasteiger charge is 2.35. The Morgan fingerprint density at radius 1 is 1.45 bits per heavy atom. The van der Waals surface area contributed by atoms with Gasteiger partial charge in [0.15, 0.2) is 0 Å². The summed E-state index contributed by atoms with van der Waals surface area (Å²) in [5.41, 5.74) is 4.79. The van der Waals surface area contributed by atoms with Gasteiger partial charge < -0.3 is 5.73 Å². The molecule has 0 heterocycles. The molecule has 1 aromatic carbocycles. The van der Waals surface area contributed by atoms with Crippen molar-refractivity contribution in [1.82, 2.24) is 4.72 Å². The number of hydrogen-bond acceptors (Lipinski definition) is 3. The lowest BCUT2D eigenvalue weighted by molar-refractivity contribution is 0.465. The van der Waals surface area contributed by atoms with Crippen LogP contribution in [-0.2, 0) is 10.0 Å². The van der Waals surface area contributed by atoms with E-state index in [1.54, 1.807) is 0 Å². The minimum Gasteiger partial charge on any atom is -0.392 e. The molecule has 1 aromatic rings. The van der Waals surface area contributed by atoms with Gasteiger partial charge in [-0.2, -0.15) is 4.72 Å². The zero-order chi connectivity index (χ0) is 15.6. The van der Waals surface area contributed by atoms with Crippen LogP contribution < -0.4 is 10.5 Å². The van der Waals surface area contributed by atoms with E-state index in [1.165, 1.54) is 18.2 Å². The van der Waals surface area contributed by atoms with E-state index in [-0.39, 0.29) is 9.88 Å². The van der Waals surface area contributed by atoms with Gasteiger partial charge in [-0.15, -0.1) is 0 Å². The van der Waals surface area contributed by atoms with Gasteiger partial charge in [0.25, 0.3) is 0 Å². The fraction of sp³-hybridized carbons (Fsp3) is 0.417. The van der Waals surface area contributed by atoms with Crippen molar-refractivity contribution in [2.45, 2.75) is 37.1 Å². The molecule has 4 nitrogen and oxygen atoms in total. The Balaban J connectivity index is 3.23. The first-order chi connectivity index (χ1) is 9.18. The second-order valence-corrected chi connectivity index (χ2v) is 7.72. The van der Waals surface area contributed by atoms with E-state index in [1.807, 2.05) is 13.8 Å². The van der Waals surface area contributed by atoms with Crippen molar-refractivity contribution in [3.8, 4) is 0 Å². The van der Waals surface area contributed by atoms with Crippen molar-refractivity contribution in [3.63, 3.8) is 0 Å². The minimum absolute atomic E-state index is 0.108. The standard InChI is InChI=1S/C12H16BrClN2O2S2/c1-3-12(4-2,11(15)19)16-20(17,18)8-5-6-10(14)9(13)7-8/h5-7,16H,3-4H2,1-2H3,(H2,15,19). The average Bonchev–Trinajstić information content (AvgIpc) is 2.38. The van der Waals surface area contributed by atoms with Crippen LogP contribution in [0.3, 0.4) is 0 Å². The van der Waals surface area contributed by atoms with Gasteiger partial charge in [0.1, 0.15) is 0 Å². The van der Waals surface area contributed by atoms with E-state index in [4.69, 9.17) is 29.6 Å². The summed E-state index contributed by atoms with van der Waals surface area (Å²) in [4.78, 5) is 0.246. The monoisotopic (exact) mass is 398 g/mol. The molecule has 0 atom stereocenters. The number of hydrogen-bond donors (Lipinski definition) is 2. The summed E-state index contributed by atoms with van der Waals surface area (Å²) in [5.74, 6) is 0. The van der Waals surface area contributed by atoms with Crippen molar-refractivity contribution in [2.75, 3.05) is 0 Å². The molecule has 0 radical (unpaired) electrons. The minimum atomic E-state index is -3.73. The van der Waals surface area contributed by atoms with Gasteiger partial charge in [0.2, 0.25) is 10.0 Å². The van der Waals surface area contributed by atoms with Crippen molar-refractivity contribution in [3.05, 3.63) is 27.7 Å². The van der Waals surface area contributed by atoms with Crippen molar-refractivity contribution >= 4 is 54.8 Å². The summed E-state index contributed by atoms with van der Waals surface area (Å²) in [6, 6.07) is 4.39. The third-order valence-electron chi connectivity index (χ3n) is 3.21. The lowest BCUT2D eigenvalue weighted by Crippen LogP contribution is -2.55. The second kappa shape index (κ2) is 6.70. The third kappa shape index (κ3) is 3.71. The zero-order valence-electron chi connectivity index (χ0n) is 11.1. The van der Waals surface area contributed by atoms with Gasteiger partial charge in [0.05, 0.1) is 20.4 Å². The predicted molar refractivity (Wildman–Crippen MR) is 89.6 cm³/mol.